The number of benzene rings is 3. The second-order valence-electron chi connectivity index (χ2n) is 6.26. The first-order valence-corrected chi connectivity index (χ1v) is 12.1. The number of hydrogen-bond acceptors (Lipinski definition) is 2. The van der Waals surface area contributed by atoms with E-state index in [1.165, 1.54) is 29.2 Å². The minimum absolute atomic E-state index is 1.43. The van der Waals surface area contributed by atoms with Gasteiger partial charge in [-0.3, -0.25) is 0 Å². The predicted molar refractivity (Wildman–Crippen MR) is 120 cm³/mol. The van der Waals surface area contributed by atoms with Crippen molar-refractivity contribution in [3.05, 3.63) is 104 Å². The first-order chi connectivity index (χ1) is 12.7. The van der Waals surface area contributed by atoms with E-state index in [0.717, 1.165) is 0 Å². The molecule has 0 saturated heterocycles. The van der Waals surface area contributed by atoms with Crippen molar-refractivity contribution in [3.63, 3.8) is 0 Å². The topological polar surface area (TPSA) is 0 Å². The molecule has 0 amide bonds. The van der Waals surface area contributed by atoms with E-state index in [-0.39, 0.29) is 0 Å². The number of hydrogen-bond donors (Lipinski definition) is 0. The zero-order valence-electron chi connectivity index (χ0n) is 14.9. The normalized spacial score (nSPS) is 11.5. The molecule has 4 aromatic rings. The summed E-state index contributed by atoms with van der Waals surface area (Å²) in [6.45, 7) is 2.62. The van der Waals surface area contributed by atoms with Crippen LogP contribution in [-0.4, -0.2) is 0 Å². The third-order valence-corrected chi connectivity index (χ3v) is 12.8. The van der Waals surface area contributed by atoms with Gasteiger partial charge in [-0.1, -0.05) is 91.0 Å². The third-order valence-electron chi connectivity index (χ3n) is 4.68. The maximum atomic E-state index is 2.31. The predicted octanol–water partition coefficient (Wildman–Crippen LogP) is 5.95. The molecule has 0 aliphatic rings. The lowest BCUT2D eigenvalue weighted by atomic mass is 10.4. The minimum atomic E-state index is -1.87. The lowest BCUT2D eigenvalue weighted by molar-refractivity contribution is 1.51. The van der Waals surface area contributed by atoms with Crippen molar-refractivity contribution in [2.45, 2.75) is 13.8 Å². The first kappa shape index (κ1) is 17.5. The zero-order valence-corrected chi connectivity index (χ0v) is 17.5. The lowest BCUT2D eigenvalue weighted by Crippen LogP contribution is -2.25. The van der Waals surface area contributed by atoms with E-state index in [4.69, 9.17) is 0 Å². The van der Waals surface area contributed by atoms with Crippen molar-refractivity contribution in [2.24, 2.45) is 0 Å². The van der Waals surface area contributed by atoms with Crippen molar-refractivity contribution in [1.29, 1.82) is 0 Å². The molecule has 26 heavy (non-hydrogen) atoms. The van der Waals surface area contributed by atoms with E-state index in [1.807, 2.05) is 22.7 Å². The number of rotatable bonds is 3. The van der Waals surface area contributed by atoms with E-state index in [2.05, 4.69) is 105 Å². The molecule has 3 heteroatoms. The second kappa shape index (κ2) is 7.40. The SMILES string of the molecule is Cc1sc(=P(c2ccccc2)(c2ccccc2)c2ccccc2)sc1C. The highest BCUT2D eigenvalue weighted by atomic mass is 32.2. The molecular weight excluding hydrogens is 371 g/mol. The lowest BCUT2D eigenvalue weighted by Gasteiger charge is -2.27. The molecule has 1 aromatic heterocycles. The smallest absolute Gasteiger partial charge is 0.0883 e. The highest BCUT2D eigenvalue weighted by Gasteiger charge is 2.27. The standard InChI is InChI=1S/C23H21PS2/c1-18-19(2)26-23(25-18)24(20-12-6-3-7-13-20,21-14-8-4-9-15-21)22-16-10-5-11-17-22/h3-17H,1-2H3. The summed E-state index contributed by atoms with van der Waals surface area (Å²) < 4.78 is 1.52. The van der Waals surface area contributed by atoms with E-state index < -0.39 is 6.89 Å². The molecule has 0 radical (unpaired) electrons. The average Bonchev–Trinajstić information content (AvgIpc) is 3.04. The van der Waals surface area contributed by atoms with Gasteiger partial charge in [0, 0.05) is 16.6 Å². The van der Waals surface area contributed by atoms with Gasteiger partial charge in [0.1, 0.15) is 0 Å². The Balaban J connectivity index is 2.29. The van der Waals surface area contributed by atoms with Crippen LogP contribution in [0.5, 0.6) is 0 Å². The Bertz CT molecular complexity index is 965. The Labute approximate surface area is 163 Å². The Morgan fingerprint density at radius 2 is 0.808 bits per heavy atom. The van der Waals surface area contributed by atoms with Gasteiger partial charge in [0.05, 0.1) is 3.57 Å². The van der Waals surface area contributed by atoms with Gasteiger partial charge in [0.2, 0.25) is 0 Å². The van der Waals surface area contributed by atoms with Crippen molar-refractivity contribution in [2.75, 3.05) is 0 Å². The maximum Gasteiger partial charge on any atom is 0.0883 e. The third kappa shape index (κ3) is 2.93. The fraction of sp³-hybridized carbons (Fsp3) is 0.0870. The molecule has 0 aliphatic heterocycles. The summed E-state index contributed by atoms with van der Waals surface area (Å²) in [5.74, 6) is 0. The monoisotopic (exact) mass is 392 g/mol. The molecule has 0 spiro atoms. The van der Waals surface area contributed by atoms with Crippen LogP contribution in [0.2, 0.25) is 0 Å². The molecule has 0 nitrogen and oxygen atoms in total. The molecule has 130 valence electrons. The first-order valence-electron chi connectivity index (χ1n) is 8.69. The molecule has 0 fully saturated rings. The van der Waals surface area contributed by atoms with Gasteiger partial charge in [-0.25, -0.2) is 0 Å². The van der Waals surface area contributed by atoms with Gasteiger partial charge in [-0.2, -0.15) is 0 Å². The minimum Gasteiger partial charge on any atom is -0.128 e. The Morgan fingerprint density at radius 1 is 0.500 bits per heavy atom. The molecule has 0 saturated carbocycles. The zero-order chi connectivity index (χ0) is 18.0. The van der Waals surface area contributed by atoms with E-state index in [1.54, 1.807) is 0 Å². The van der Waals surface area contributed by atoms with Crippen LogP contribution >= 0.6 is 29.6 Å². The molecule has 0 N–H and O–H groups in total. The molecule has 0 bridgehead atoms. The van der Waals surface area contributed by atoms with Gasteiger partial charge >= 0.3 is 0 Å². The Hall–Kier alpha value is -1.86. The molecule has 4 rings (SSSR count). The molecule has 1 heterocycles. The van der Waals surface area contributed by atoms with Crippen molar-refractivity contribution < 1.29 is 0 Å². The Kier molecular flexibility index (Phi) is 5.00. The average molecular weight is 393 g/mol. The maximum absolute atomic E-state index is 2.31. The fourth-order valence-corrected chi connectivity index (χ4v) is 12.5. The van der Waals surface area contributed by atoms with Crippen molar-refractivity contribution >= 4 is 45.5 Å². The fourth-order valence-electron chi connectivity index (χ4n) is 3.28. The van der Waals surface area contributed by atoms with Gasteiger partial charge in [0.25, 0.3) is 0 Å². The van der Waals surface area contributed by atoms with Crippen molar-refractivity contribution in [1.82, 2.24) is 0 Å². The highest BCUT2D eigenvalue weighted by Crippen LogP contribution is 2.51. The molecule has 0 atom stereocenters. The van der Waals surface area contributed by atoms with Crippen molar-refractivity contribution in [3.8, 4) is 0 Å². The van der Waals surface area contributed by atoms with Gasteiger partial charge in [-0.05, 0) is 29.8 Å². The van der Waals surface area contributed by atoms with Crippen LogP contribution in [0.15, 0.2) is 91.0 Å². The Morgan fingerprint density at radius 3 is 1.12 bits per heavy atom. The highest BCUT2D eigenvalue weighted by molar-refractivity contribution is 7.91. The van der Waals surface area contributed by atoms with Crippen LogP contribution in [0.3, 0.4) is 0 Å². The van der Waals surface area contributed by atoms with E-state index in [9.17, 15) is 0 Å². The van der Waals surface area contributed by atoms with E-state index in [0.29, 0.717) is 0 Å². The molecule has 0 aliphatic carbocycles. The summed E-state index contributed by atoms with van der Waals surface area (Å²) in [4.78, 5) is 2.86. The molecule has 3 aromatic carbocycles. The van der Waals surface area contributed by atoms with Crippen LogP contribution < -0.4 is 15.9 Å². The molecule has 0 unspecified atom stereocenters. The van der Waals surface area contributed by atoms with Crippen LogP contribution in [0.4, 0.5) is 0 Å². The largest absolute Gasteiger partial charge is 0.128 e. The molecular formula is C23H21PS2. The quantitative estimate of drug-likeness (QED) is 0.378. The van der Waals surface area contributed by atoms with Crippen LogP contribution in [0, 0.1) is 17.4 Å². The van der Waals surface area contributed by atoms with Crippen LogP contribution in [0.25, 0.3) is 0 Å². The number of aryl methyl sites for hydroxylation is 2. The second-order valence-corrected chi connectivity index (χ2v) is 12.9. The van der Waals surface area contributed by atoms with Crippen LogP contribution in [0.1, 0.15) is 9.75 Å². The van der Waals surface area contributed by atoms with Gasteiger partial charge in [0.15, 0.2) is 0 Å². The summed E-state index contributed by atoms with van der Waals surface area (Å²) in [5.41, 5.74) is 0. The van der Waals surface area contributed by atoms with Crippen LogP contribution in [-0.2, 0) is 0 Å². The summed E-state index contributed by atoms with van der Waals surface area (Å²) in [5, 5.41) is 4.28. The van der Waals surface area contributed by atoms with Gasteiger partial charge in [-0.15, -0.1) is 22.7 Å². The van der Waals surface area contributed by atoms with Gasteiger partial charge < -0.3 is 0 Å². The summed E-state index contributed by atoms with van der Waals surface area (Å²) in [7, 11) is 0. The summed E-state index contributed by atoms with van der Waals surface area (Å²) in [6, 6.07) is 33.3. The van der Waals surface area contributed by atoms with E-state index >= 15 is 0 Å². The summed E-state index contributed by atoms with van der Waals surface area (Å²) in [6.07, 6.45) is 0. The summed E-state index contributed by atoms with van der Waals surface area (Å²) >= 11 is 3.95.